The van der Waals surface area contributed by atoms with Gasteiger partial charge in [-0.05, 0) is 51.1 Å². The first-order valence-corrected chi connectivity index (χ1v) is 9.28. The molecule has 3 heterocycles. The van der Waals surface area contributed by atoms with Crippen LogP contribution in [0.5, 0.6) is 0 Å². The normalized spacial score (nSPS) is 16.7. The molecule has 0 spiro atoms. The highest BCUT2D eigenvalue weighted by Crippen LogP contribution is 2.26. The van der Waals surface area contributed by atoms with Crippen LogP contribution in [0.1, 0.15) is 47.2 Å². The number of nitrogens with one attached hydrogen (secondary N) is 1. The predicted molar refractivity (Wildman–Crippen MR) is 100 cm³/mol. The van der Waals surface area contributed by atoms with E-state index in [9.17, 15) is 4.79 Å². The quantitative estimate of drug-likeness (QED) is 0.744. The summed E-state index contributed by atoms with van der Waals surface area (Å²) < 4.78 is 11.4. The van der Waals surface area contributed by atoms with Crippen molar-refractivity contribution in [2.45, 2.75) is 32.2 Å². The molecule has 1 aliphatic rings. The van der Waals surface area contributed by atoms with E-state index in [1.165, 1.54) is 19.3 Å². The summed E-state index contributed by atoms with van der Waals surface area (Å²) in [6.07, 6.45) is 5.34. The Morgan fingerprint density at radius 2 is 1.96 bits per heavy atom. The number of furan rings is 2. The summed E-state index contributed by atoms with van der Waals surface area (Å²) in [5.41, 5.74) is 1.62. The molecule has 1 fully saturated rings. The first-order valence-electron chi connectivity index (χ1n) is 9.28. The molecule has 1 aromatic carbocycles. The molecular formula is C21H24N2O3. The Balaban J connectivity index is 1.51. The molecule has 0 radical (unpaired) electrons. The molecule has 5 nitrogen and oxygen atoms in total. The van der Waals surface area contributed by atoms with Crippen molar-refractivity contribution in [3.05, 3.63) is 59.7 Å². The summed E-state index contributed by atoms with van der Waals surface area (Å²) in [7, 11) is 0. The fourth-order valence-corrected chi connectivity index (χ4v) is 3.78. The van der Waals surface area contributed by atoms with Crippen molar-refractivity contribution in [3.8, 4) is 0 Å². The zero-order valence-corrected chi connectivity index (χ0v) is 15.0. The molecule has 0 aliphatic carbocycles. The smallest absolute Gasteiger partial charge is 0.287 e. The largest absolute Gasteiger partial charge is 0.468 e. The van der Waals surface area contributed by atoms with Gasteiger partial charge >= 0.3 is 0 Å². The monoisotopic (exact) mass is 352 g/mol. The van der Waals surface area contributed by atoms with Crippen LogP contribution in [0.25, 0.3) is 11.0 Å². The Morgan fingerprint density at radius 1 is 1.15 bits per heavy atom. The number of aryl methyl sites for hydroxylation is 1. The van der Waals surface area contributed by atoms with Gasteiger partial charge in [0.2, 0.25) is 0 Å². The number of benzene rings is 1. The maximum absolute atomic E-state index is 12.7. The number of fused-ring (bicyclic) bond motifs is 1. The summed E-state index contributed by atoms with van der Waals surface area (Å²) in [6.45, 7) is 4.49. The highest BCUT2D eigenvalue weighted by molar-refractivity contribution is 5.98. The third kappa shape index (κ3) is 3.27. The molecule has 0 bridgehead atoms. The summed E-state index contributed by atoms with van der Waals surface area (Å²) in [5, 5.41) is 4.03. The van der Waals surface area contributed by atoms with E-state index in [-0.39, 0.29) is 11.9 Å². The SMILES string of the molecule is Cc1c(C(=O)NCC(c2ccco2)N2CCCCC2)oc2ccccc12. The number of hydrogen-bond acceptors (Lipinski definition) is 4. The van der Waals surface area contributed by atoms with E-state index in [0.717, 1.165) is 35.4 Å². The van der Waals surface area contributed by atoms with Gasteiger partial charge in [0, 0.05) is 17.5 Å². The van der Waals surface area contributed by atoms with Gasteiger partial charge in [0.15, 0.2) is 5.76 Å². The molecule has 1 saturated heterocycles. The zero-order valence-electron chi connectivity index (χ0n) is 15.0. The van der Waals surface area contributed by atoms with E-state index >= 15 is 0 Å². The number of carbonyl (C=O) groups excluding carboxylic acids is 1. The Bertz CT molecular complexity index is 876. The van der Waals surface area contributed by atoms with E-state index in [1.807, 2.05) is 43.3 Å². The fourth-order valence-electron chi connectivity index (χ4n) is 3.78. The highest BCUT2D eigenvalue weighted by atomic mass is 16.3. The van der Waals surface area contributed by atoms with Gasteiger partial charge in [-0.1, -0.05) is 24.6 Å². The van der Waals surface area contributed by atoms with Crippen molar-refractivity contribution in [1.82, 2.24) is 10.2 Å². The topological polar surface area (TPSA) is 58.6 Å². The van der Waals surface area contributed by atoms with Crippen molar-refractivity contribution in [1.29, 1.82) is 0 Å². The van der Waals surface area contributed by atoms with Crippen LogP contribution in [0.3, 0.4) is 0 Å². The molecule has 4 rings (SSSR count). The summed E-state index contributed by atoms with van der Waals surface area (Å²) in [5.74, 6) is 1.11. The molecule has 1 atom stereocenters. The average Bonchev–Trinajstić information content (AvgIpc) is 3.32. The van der Waals surface area contributed by atoms with Gasteiger partial charge < -0.3 is 14.2 Å². The lowest BCUT2D eigenvalue weighted by molar-refractivity contribution is 0.0888. The van der Waals surface area contributed by atoms with Gasteiger partial charge in [-0.3, -0.25) is 9.69 Å². The second kappa shape index (κ2) is 7.38. The number of para-hydroxylation sites is 1. The molecule has 1 unspecified atom stereocenters. The maximum atomic E-state index is 12.7. The molecule has 1 N–H and O–H groups in total. The summed E-state index contributed by atoms with van der Waals surface area (Å²) in [6, 6.07) is 11.7. The number of carbonyl (C=O) groups is 1. The lowest BCUT2D eigenvalue weighted by atomic mass is 10.1. The Kier molecular flexibility index (Phi) is 4.80. The van der Waals surface area contributed by atoms with Crippen molar-refractivity contribution in [3.63, 3.8) is 0 Å². The Hall–Kier alpha value is -2.53. The number of likely N-dealkylation sites (tertiary alicyclic amines) is 1. The van der Waals surface area contributed by atoms with Crippen molar-refractivity contribution in [2.24, 2.45) is 0 Å². The van der Waals surface area contributed by atoms with Crippen LogP contribution in [0.15, 0.2) is 51.5 Å². The number of piperidine rings is 1. The first kappa shape index (κ1) is 16.9. The Labute approximate surface area is 153 Å². The number of rotatable bonds is 5. The van der Waals surface area contributed by atoms with Gasteiger partial charge in [-0.2, -0.15) is 0 Å². The third-order valence-electron chi connectivity index (χ3n) is 5.21. The van der Waals surface area contributed by atoms with Crippen molar-refractivity contribution in [2.75, 3.05) is 19.6 Å². The van der Waals surface area contributed by atoms with Crippen LogP contribution in [-0.4, -0.2) is 30.4 Å². The lowest BCUT2D eigenvalue weighted by Gasteiger charge is -2.33. The van der Waals surface area contributed by atoms with E-state index < -0.39 is 0 Å². The maximum Gasteiger partial charge on any atom is 0.287 e. The van der Waals surface area contributed by atoms with Gasteiger partial charge in [-0.15, -0.1) is 0 Å². The summed E-state index contributed by atoms with van der Waals surface area (Å²) in [4.78, 5) is 15.1. The van der Waals surface area contributed by atoms with E-state index in [4.69, 9.17) is 8.83 Å². The van der Waals surface area contributed by atoms with Gasteiger partial charge in [-0.25, -0.2) is 0 Å². The number of nitrogens with zero attached hydrogens (tertiary/aromatic N) is 1. The lowest BCUT2D eigenvalue weighted by Crippen LogP contribution is -2.40. The third-order valence-corrected chi connectivity index (χ3v) is 5.21. The minimum atomic E-state index is -0.174. The fraction of sp³-hybridized carbons (Fsp3) is 0.381. The van der Waals surface area contributed by atoms with E-state index in [1.54, 1.807) is 6.26 Å². The molecule has 5 heteroatoms. The molecule has 26 heavy (non-hydrogen) atoms. The number of hydrogen-bond donors (Lipinski definition) is 1. The van der Waals surface area contributed by atoms with Crippen LogP contribution in [0.4, 0.5) is 0 Å². The van der Waals surface area contributed by atoms with Crippen LogP contribution in [-0.2, 0) is 0 Å². The molecule has 3 aromatic rings. The van der Waals surface area contributed by atoms with Crippen LogP contribution in [0, 0.1) is 6.92 Å². The van der Waals surface area contributed by atoms with Crippen LogP contribution in [0.2, 0.25) is 0 Å². The predicted octanol–water partition coefficient (Wildman–Crippen LogP) is 4.29. The highest BCUT2D eigenvalue weighted by Gasteiger charge is 2.26. The molecule has 2 aromatic heterocycles. The molecule has 1 amide bonds. The molecule has 1 aliphatic heterocycles. The number of amides is 1. The summed E-state index contributed by atoms with van der Waals surface area (Å²) >= 11 is 0. The minimum Gasteiger partial charge on any atom is -0.468 e. The first-order chi connectivity index (χ1) is 12.7. The molecular weight excluding hydrogens is 328 g/mol. The van der Waals surface area contributed by atoms with Crippen LogP contribution >= 0.6 is 0 Å². The van der Waals surface area contributed by atoms with Crippen molar-refractivity contribution >= 4 is 16.9 Å². The van der Waals surface area contributed by atoms with Gasteiger partial charge in [0.05, 0.1) is 12.3 Å². The minimum absolute atomic E-state index is 0.0546. The molecule has 136 valence electrons. The van der Waals surface area contributed by atoms with Crippen molar-refractivity contribution < 1.29 is 13.6 Å². The van der Waals surface area contributed by atoms with E-state index in [2.05, 4.69) is 10.2 Å². The standard InChI is InChI=1S/C21H24N2O3/c1-15-16-8-3-4-9-18(16)26-20(15)21(24)22-14-17(19-10-7-13-25-19)23-11-5-2-6-12-23/h3-4,7-10,13,17H,2,5-6,11-12,14H2,1H3,(H,22,24). The zero-order chi connectivity index (χ0) is 17.9. The average molecular weight is 352 g/mol. The molecule has 0 saturated carbocycles. The second-order valence-corrected chi connectivity index (χ2v) is 6.89. The van der Waals surface area contributed by atoms with Crippen LogP contribution < -0.4 is 5.32 Å². The second-order valence-electron chi connectivity index (χ2n) is 6.89. The Morgan fingerprint density at radius 3 is 2.69 bits per heavy atom. The van der Waals surface area contributed by atoms with Gasteiger partial charge in [0.25, 0.3) is 5.91 Å². The van der Waals surface area contributed by atoms with E-state index in [0.29, 0.717) is 12.3 Å². The van der Waals surface area contributed by atoms with Gasteiger partial charge in [0.1, 0.15) is 11.3 Å².